The molecule has 1 aromatic rings. The Bertz CT molecular complexity index is 366. The minimum absolute atomic E-state index is 0. The average molecular weight is 252 g/mol. The lowest BCUT2D eigenvalue weighted by Crippen LogP contribution is -2.31. The van der Waals surface area contributed by atoms with Crippen LogP contribution < -0.4 is 10.1 Å². The Morgan fingerprint density at radius 2 is 2.00 bits per heavy atom. The number of aryl methyl sites for hydroxylation is 1. The van der Waals surface area contributed by atoms with Crippen molar-refractivity contribution in [3.8, 4) is 5.75 Å². The second-order valence-electron chi connectivity index (χ2n) is 4.61. The number of nitrogens with zero attached hydrogens (tertiary/aromatic N) is 1. The van der Waals surface area contributed by atoms with Gasteiger partial charge < -0.3 is 15.0 Å². The zero-order chi connectivity index (χ0) is 13.4. The smallest absolute Gasteiger partial charge is 0.257 e. The van der Waals surface area contributed by atoms with E-state index in [1.807, 2.05) is 45.3 Å². The molecule has 1 rings (SSSR count). The molecular formula is C14H24N2O2. The molecular weight excluding hydrogens is 228 g/mol. The van der Waals surface area contributed by atoms with Crippen LogP contribution in [0.5, 0.6) is 5.75 Å². The SMILES string of the molecule is Cc1ccc(OCC(=O)NCCCN(C)C)cc1.[HH]. The van der Waals surface area contributed by atoms with E-state index in [0.29, 0.717) is 6.54 Å². The van der Waals surface area contributed by atoms with Crippen LogP contribution in [0.2, 0.25) is 0 Å². The summed E-state index contributed by atoms with van der Waals surface area (Å²) in [5, 5.41) is 2.83. The molecule has 0 aliphatic carbocycles. The van der Waals surface area contributed by atoms with Gasteiger partial charge in [0.1, 0.15) is 5.75 Å². The van der Waals surface area contributed by atoms with Gasteiger partial charge in [0.25, 0.3) is 5.91 Å². The lowest BCUT2D eigenvalue weighted by molar-refractivity contribution is -0.123. The number of hydrogen-bond acceptors (Lipinski definition) is 3. The molecule has 102 valence electrons. The van der Waals surface area contributed by atoms with Crippen molar-refractivity contribution in [2.24, 2.45) is 0 Å². The number of amides is 1. The Labute approximate surface area is 110 Å². The first-order valence-electron chi connectivity index (χ1n) is 6.19. The van der Waals surface area contributed by atoms with E-state index in [-0.39, 0.29) is 13.9 Å². The van der Waals surface area contributed by atoms with Crippen LogP contribution in [0.3, 0.4) is 0 Å². The molecule has 18 heavy (non-hydrogen) atoms. The zero-order valence-electron chi connectivity index (χ0n) is 11.4. The number of nitrogens with one attached hydrogen (secondary N) is 1. The van der Waals surface area contributed by atoms with Gasteiger partial charge >= 0.3 is 0 Å². The van der Waals surface area contributed by atoms with Gasteiger partial charge in [-0.1, -0.05) is 17.7 Å². The number of carbonyl (C=O) groups is 1. The summed E-state index contributed by atoms with van der Waals surface area (Å²) in [5.41, 5.74) is 1.18. The Morgan fingerprint density at radius 1 is 1.33 bits per heavy atom. The van der Waals surface area contributed by atoms with E-state index < -0.39 is 0 Å². The molecule has 0 fully saturated rings. The lowest BCUT2D eigenvalue weighted by Gasteiger charge is -2.10. The number of carbonyl (C=O) groups excluding carboxylic acids is 1. The molecule has 0 saturated heterocycles. The zero-order valence-corrected chi connectivity index (χ0v) is 11.4. The van der Waals surface area contributed by atoms with E-state index in [1.165, 1.54) is 5.56 Å². The summed E-state index contributed by atoms with van der Waals surface area (Å²) in [4.78, 5) is 13.6. The molecule has 1 amide bonds. The van der Waals surface area contributed by atoms with Crippen LogP contribution >= 0.6 is 0 Å². The highest BCUT2D eigenvalue weighted by Gasteiger charge is 2.02. The fraction of sp³-hybridized carbons (Fsp3) is 0.500. The van der Waals surface area contributed by atoms with Crippen LogP contribution in [0.1, 0.15) is 13.4 Å². The van der Waals surface area contributed by atoms with Gasteiger partial charge in [0, 0.05) is 7.97 Å². The average Bonchev–Trinajstić information content (AvgIpc) is 2.34. The van der Waals surface area contributed by atoms with E-state index in [1.54, 1.807) is 0 Å². The number of ether oxygens (including phenoxy) is 1. The first kappa shape index (κ1) is 14.5. The molecule has 1 aromatic carbocycles. The normalized spacial score (nSPS) is 10.4. The van der Waals surface area contributed by atoms with Crippen LogP contribution in [0, 0.1) is 6.92 Å². The second-order valence-corrected chi connectivity index (χ2v) is 4.61. The van der Waals surface area contributed by atoms with Crippen molar-refractivity contribution in [2.75, 3.05) is 33.8 Å². The highest BCUT2D eigenvalue weighted by Crippen LogP contribution is 2.10. The van der Waals surface area contributed by atoms with Crippen LogP contribution in [-0.4, -0.2) is 44.6 Å². The molecule has 0 aromatic heterocycles. The number of benzene rings is 1. The van der Waals surface area contributed by atoms with Crippen molar-refractivity contribution in [3.63, 3.8) is 0 Å². The summed E-state index contributed by atoms with van der Waals surface area (Å²) in [6.07, 6.45) is 0.948. The monoisotopic (exact) mass is 252 g/mol. The lowest BCUT2D eigenvalue weighted by atomic mass is 10.2. The maximum atomic E-state index is 11.5. The highest BCUT2D eigenvalue weighted by molar-refractivity contribution is 5.77. The molecule has 0 unspecified atom stereocenters. The molecule has 4 heteroatoms. The summed E-state index contributed by atoms with van der Waals surface area (Å²) in [6.45, 7) is 3.75. The minimum atomic E-state index is -0.0747. The van der Waals surface area contributed by atoms with E-state index in [9.17, 15) is 4.79 Å². The quantitative estimate of drug-likeness (QED) is 0.751. The van der Waals surface area contributed by atoms with E-state index in [0.717, 1.165) is 18.7 Å². The van der Waals surface area contributed by atoms with Crippen LogP contribution in [0.25, 0.3) is 0 Å². The summed E-state index contributed by atoms with van der Waals surface area (Å²) >= 11 is 0. The van der Waals surface area contributed by atoms with Crippen LogP contribution in [0.4, 0.5) is 0 Å². The van der Waals surface area contributed by atoms with Crippen molar-refractivity contribution in [3.05, 3.63) is 29.8 Å². The molecule has 0 aliphatic heterocycles. The maximum absolute atomic E-state index is 11.5. The number of hydrogen-bond donors (Lipinski definition) is 1. The standard InChI is InChI=1S/C14H22N2O2.H2/c1-12-5-7-13(8-6-12)18-11-14(17)15-9-4-10-16(2)3;/h5-8H,4,9-11H2,1-3H3,(H,15,17);1H. The molecule has 4 nitrogen and oxygen atoms in total. The summed E-state index contributed by atoms with van der Waals surface area (Å²) in [5.74, 6) is 0.651. The van der Waals surface area contributed by atoms with Gasteiger partial charge in [0.15, 0.2) is 6.61 Å². The number of rotatable bonds is 7. The summed E-state index contributed by atoms with van der Waals surface area (Å²) in [6, 6.07) is 7.66. The van der Waals surface area contributed by atoms with Gasteiger partial charge in [-0.15, -0.1) is 0 Å². The van der Waals surface area contributed by atoms with Gasteiger partial charge in [0.05, 0.1) is 0 Å². The molecule has 0 radical (unpaired) electrons. The topological polar surface area (TPSA) is 41.6 Å². The third-order valence-corrected chi connectivity index (χ3v) is 2.50. The highest BCUT2D eigenvalue weighted by atomic mass is 16.5. The summed E-state index contributed by atoms with van der Waals surface area (Å²) in [7, 11) is 4.03. The van der Waals surface area contributed by atoms with Crippen molar-refractivity contribution >= 4 is 5.91 Å². The fourth-order valence-corrected chi connectivity index (χ4v) is 1.46. The Hall–Kier alpha value is -1.55. The third-order valence-electron chi connectivity index (χ3n) is 2.50. The predicted octanol–water partition coefficient (Wildman–Crippen LogP) is 1.69. The van der Waals surface area contributed by atoms with E-state index >= 15 is 0 Å². The molecule has 1 N–H and O–H groups in total. The largest absolute Gasteiger partial charge is 0.484 e. The molecule has 0 saturated carbocycles. The minimum Gasteiger partial charge on any atom is -0.484 e. The van der Waals surface area contributed by atoms with Gasteiger partial charge in [-0.3, -0.25) is 4.79 Å². The third kappa shape index (κ3) is 6.25. The first-order chi connectivity index (χ1) is 8.58. The van der Waals surface area contributed by atoms with Gasteiger partial charge in [-0.2, -0.15) is 0 Å². The Balaban J connectivity index is 0.00000324. The van der Waals surface area contributed by atoms with Crippen molar-refractivity contribution in [2.45, 2.75) is 13.3 Å². The Morgan fingerprint density at radius 3 is 2.61 bits per heavy atom. The molecule has 0 spiro atoms. The molecule has 0 heterocycles. The maximum Gasteiger partial charge on any atom is 0.257 e. The fourth-order valence-electron chi connectivity index (χ4n) is 1.46. The van der Waals surface area contributed by atoms with Gasteiger partial charge in [-0.05, 0) is 46.1 Å². The second kappa shape index (κ2) is 7.71. The first-order valence-corrected chi connectivity index (χ1v) is 6.19. The predicted molar refractivity (Wildman–Crippen MR) is 75.0 cm³/mol. The van der Waals surface area contributed by atoms with Crippen molar-refractivity contribution < 1.29 is 11.0 Å². The van der Waals surface area contributed by atoms with Crippen LogP contribution in [0.15, 0.2) is 24.3 Å². The van der Waals surface area contributed by atoms with Crippen molar-refractivity contribution in [1.82, 2.24) is 10.2 Å². The van der Waals surface area contributed by atoms with Gasteiger partial charge in [0.2, 0.25) is 0 Å². The molecule has 0 bridgehead atoms. The molecule has 0 aliphatic rings. The van der Waals surface area contributed by atoms with Crippen molar-refractivity contribution in [1.29, 1.82) is 0 Å². The summed E-state index contributed by atoms with van der Waals surface area (Å²) < 4.78 is 5.38. The van der Waals surface area contributed by atoms with Crippen LogP contribution in [-0.2, 0) is 4.79 Å². The van der Waals surface area contributed by atoms with E-state index in [2.05, 4.69) is 10.2 Å². The van der Waals surface area contributed by atoms with E-state index in [4.69, 9.17) is 4.74 Å². The van der Waals surface area contributed by atoms with Gasteiger partial charge in [-0.25, -0.2) is 0 Å². The molecule has 0 atom stereocenters. The Kier molecular flexibility index (Phi) is 6.22.